The molecule has 0 aliphatic rings. The van der Waals surface area contributed by atoms with Crippen LogP contribution in [0.1, 0.15) is 20.8 Å². The molecule has 4 heteroatoms. The molecule has 0 saturated heterocycles. The number of aromatic nitrogens is 2. The molecule has 1 aromatic rings. The van der Waals surface area contributed by atoms with Crippen molar-refractivity contribution < 1.29 is 4.74 Å². The molecular formula is C11H19BrN2O. The maximum Gasteiger partial charge on any atom is 0.157 e. The Hall–Kier alpha value is -0.510. The summed E-state index contributed by atoms with van der Waals surface area (Å²) in [7, 11) is 1.89. The van der Waals surface area contributed by atoms with Gasteiger partial charge >= 0.3 is 0 Å². The average molecular weight is 275 g/mol. The highest BCUT2D eigenvalue weighted by atomic mass is 79.9. The van der Waals surface area contributed by atoms with E-state index in [-0.39, 0.29) is 5.41 Å². The maximum atomic E-state index is 5.69. The van der Waals surface area contributed by atoms with Crippen LogP contribution in [0.4, 0.5) is 0 Å². The van der Waals surface area contributed by atoms with Gasteiger partial charge in [0.15, 0.2) is 5.75 Å². The average Bonchev–Trinajstić information content (AvgIpc) is 2.50. The topological polar surface area (TPSA) is 27.1 Å². The molecule has 0 amide bonds. The Morgan fingerprint density at radius 1 is 1.53 bits per heavy atom. The van der Waals surface area contributed by atoms with Crippen molar-refractivity contribution in [3.63, 3.8) is 0 Å². The summed E-state index contributed by atoms with van der Waals surface area (Å²) >= 11 is 3.53. The highest BCUT2D eigenvalue weighted by Crippen LogP contribution is 2.28. The van der Waals surface area contributed by atoms with Crippen molar-refractivity contribution in [3.8, 4) is 5.75 Å². The minimum absolute atomic E-state index is 0.256. The Bertz CT molecular complexity index is 304. The first-order valence-electron chi connectivity index (χ1n) is 5.11. The lowest BCUT2D eigenvalue weighted by Crippen LogP contribution is -2.27. The van der Waals surface area contributed by atoms with E-state index in [9.17, 15) is 0 Å². The van der Waals surface area contributed by atoms with Crippen LogP contribution in [0.15, 0.2) is 12.4 Å². The van der Waals surface area contributed by atoms with Crippen LogP contribution < -0.4 is 4.74 Å². The molecule has 0 aliphatic carbocycles. The lowest BCUT2D eigenvalue weighted by molar-refractivity contribution is 0.166. The second-order valence-corrected chi connectivity index (χ2v) is 5.53. The zero-order valence-corrected chi connectivity index (χ0v) is 11.4. The largest absolute Gasteiger partial charge is 0.490 e. The number of aryl methyl sites for hydroxylation is 1. The molecule has 1 atom stereocenters. The van der Waals surface area contributed by atoms with E-state index < -0.39 is 0 Å². The summed E-state index contributed by atoms with van der Waals surface area (Å²) in [6.07, 6.45) is 3.63. The summed E-state index contributed by atoms with van der Waals surface area (Å²) in [5.74, 6) is 1.34. The second kappa shape index (κ2) is 5.01. The molecule has 0 bridgehead atoms. The summed E-state index contributed by atoms with van der Waals surface area (Å²) in [6, 6.07) is 0. The fourth-order valence-electron chi connectivity index (χ4n) is 1.20. The highest BCUT2D eigenvalue weighted by Gasteiger charge is 2.24. The van der Waals surface area contributed by atoms with Gasteiger partial charge in [-0.1, -0.05) is 36.7 Å². The Morgan fingerprint density at radius 3 is 2.60 bits per heavy atom. The molecule has 3 nitrogen and oxygen atoms in total. The maximum absolute atomic E-state index is 5.69. The van der Waals surface area contributed by atoms with Crippen LogP contribution in [0, 0.1) is 11.3 Å². The van der Waals surface area contributed by atoms with Gasteiger partial charge < -0.3 is 4.74 Å². The van der Waals surface area contributed by atoms with Crippen LogP contribution in [0.5, 0.6) is 5.75 Å². The van der Waals surface area contributed by atoms with Gasteiger partial charge in [-0.25, -0.2) is 0 Å². The lowest BCUT2D eigenvalue weighted by Gasteiger charge is -2.28. The standard InChI is InChI=1S/C11H19BrN2O/c1-11(2,3)9(5-12)8-15-10-6-13-14(4)7-10/h6-7,9H,5,8H2,1-4H3. The molecule has 0 N–H and O–H groups in total. The normalized spacial score (nSPS) is 13.9. The van der Waals surface area contributed by atoms with Crippen LogP contribution in [-0.4, -0.2) is 21.7 Å². The Balaban J connectivity index is 2.48. The fourth-order valence-corrected chi connectivity index (χ4v) is 2.35. The number of halogens is 1. The van der Waals surface area contributed by atoms with Gasteiger partial charge in [-0.2, -0.15) is 5.10 Å². The minimum atomic E-state index is 0.256. The number of ether oxygens (including phenoxy) is 1. The second-order valence-electron chi connectivity index (χ2n) is 4.88. The van der Waals surface area contributed by atoms with E-state index in [1.807, 2.05) is 13.2 Å². The third kappa shape index (κ3) is 3.86. The Morgan fingerprint density at radius 2 is 2.20 bits per heavy atom. The minimum Gasteiger partial charge on any atom is -0.490 e. The van der Waals surface area contributed by atoms with Gasteiger partial charge in [0.05, 0.1) is 19.0 Å². The third-order valence-electron chi connectivity index (χ3n) is 2.54. The van der Waals surface area contributed by atoms with Crippen LogP contribution in [0.2, 0.25) is 0 Å². The smallest absolute Gasteiger partial charge is 0.157 e. The molecule has 0 spiro atoms. The van der Waals surface area contributed by atoms with Gasteiger partial charge in [-0.15, -0.1) is 0 Å². The van der Waals surface area contributed by atoms with E-state index in [0.717, 1.165) is 17.7 Å². The van der Waals surface area contributed by atoms with Gasteiger partial charge in [0, 0.05) is 18.3 Å². The SMILES string of the molecule is Cn1cc(OCC(CBr)C(C)(C)C)cn1. The van der Waals surface area contributed by atoms with Crippen LogP contribution in [0.3, 0.4) is 0 Å². The Labute approximate surface area is 99.9 Å². The third-order valence-corrected chi connectivity index (χ3v) is 3.32. The van der Waals surface area contributed by atoms with Crippen LogP contribution >= 0.6 is 15.9 Å². The van der Waals surface area contributed by atoms with E-state index in [2.05, 4.69) is 41.8 Å². The van der Waals surface area contributed by atoms with Crippen molar-refractivity contribution >= 4 is 15.9 Å². The van der Waals surface area contributed by atoms with Crippen LogP contribution in [-0.2, 0) is 7.05 Å². The summed E-state index contributed by atoms with van der Waals surface area (Å²) in [5.41, 5.74) is 0.256. The van der Waals surface area contributed by atoms with Gasteiger partial charge in [-0.05, 0) is 5.41 Å². The Kier molecular flexibility index (Phi) is 4.20. The molecule has 1 heterocycles. The molecule has 0 saturated carbocycles. The monoisotopic (exact) mass is 274 g/mol. The molecule has 15 heavy (non-hydrogen) atoms. The van der Waals surface area contributed by atoms with Gasteiger partial charge in [0.2, 0.25) is 0 Å². The van der Waals surface area contributed by atoms with Crippen molar-refractivity contribution in [2.24, 2.45) is 18.4 Å². The molecule has 0 aliphatic heterocycles. The zero-order valence-electron chi connectivity index (χ0n) is 9.83. The van der Waals surface area contributed by atoms with E-state index in [4.69, 9.17) is 4.74 Å². The van der Waals surface area contributed by atoms with E-state index >= 15 is 0 Å². The van der Waals surface area contributed by atoms with Crippen LogP contribution in [0.25, 0.3) is 0 Å². The molecular weight excluding hydrogens is 256 g/mol. The quantitative estimate of drug-likeness (QED) is 0.790. The summed E-state index contributed by atoms with van der Waals surface area (Å²) in [5, 5.41) is 5.02. The predicted octanol–water partition coefficient (Wildman–Crippen LogP) is 2.86. The van der Waals surface area contributed by atoms with Crippen molar-refractivity contribution in [1.29, 1.82) is 0 Å². The molecule has 0 radical (unpaired) electrons. The predicted molar refractivity (Wildman–Crippen MR) is 65.4 cm³/mol. The molecule has 86 valence electrons. The summed E-state index contributed by atoms with van der Waals surface area (Å²) in [4.78, 5) is 0. The summed E-state index contributed by atoms with van der Waals surface area (Å²) in [6.45, 7) is 7.41. The number of nitrogens with zero attached hydrogens (tertiary/aromatic N) is 2. The molecule has 0 aromatic carbocycles. The first kappa shape index (κ1) is 12.6. The highest BCUT2D eigenvalue weighted by molar-refractivity contribution is 9.09. The molecule has 1 rings (SSSR count). The van der Waals surface area contributed by atoms with Gasteiger partial charge in [0.25, 0.3) is 0 Å². The fraction of sp³-hybridized carbons (Fsp3) is 0.727. The number of hydrogen-bond acceptors (Lipinski definition) is 2. The number of hydrogen-bond donors (Lipinski definition) is 0. The van der Waals surface area contributed by atoms with Crippen molar-refractivity contribution in [3.05, 3.63) is 12.4 Å². The van der Waals surface area contributed by atoms with Crippen molar-refractivity contribution in [2.75, 3.05) is 11.9 Å². The van der Waals surface area contributed by atoms with Crippen molar-refractivity contribution in [1.82, 2.24) is 9.78 Å². The van der Waals surface area contributed by atoms with E-state index in [1.165, 1.54) is 0 Å². The molecule has 1 aromatic heterocycles. The lowest BCUT2D eigenvalue weighted by atomic mass is 9.83. The number of rotatable bonds is 4. The zero-order chi connectivity index (χ0) is 11.5. The van der Waals surface area contributed by atoms with E-state index in [0.29, 0.717) is 5.92 Å². The molecule has 0 fully saturated rings. The number of alkyl halides is 1. The van der Waals surface area contributed by atoms with Gasteiger partial charge in [0.1, 0.15) is 0 Å². The van der Waals surface area contributed by atoms with Gasteiger partial charge in [-0.3, -0.25) is 4.68 Å². The first-order valence-corrected chi connectivity index (χ1v) is 6.23. The first-order chi connectivity index (χ1) is 6.93. The summed E-state index contributed by atoms with van der Waals surface area (Å²) < 4.78 is 7.44. The van der Waals surface area contributed by atoms with E-state index in [1.54, 1.807) is 10.9 Å². The van der Waals surface area contributed by atoms with Crippen molar-refractivity contribution in [2.45, 2.75) is 20.8 Å². The molecule has 1 unspecified atom stereocenters.